The molecule has 0 saturated heterocycles. The van der Waals surface area contributed by atoms with Crippen LogP contribution in [0.2, 0.25) is 0 Å². The fraction of sp³-hybridized carbons (Fsp3) is 0.286. The van der Waals surface area contributed by atoms with Gasteiger partial charge in [-0.2, -0.15) is 0 Å². The number of aldehydes is 1. The van der Waals surface area contributed by atoms with E-state index in [9.17, 15) is 13.6 Å². The van der Waals surface area contributed by atoms with E-state index in [-0.39, 0.29) is 4.88 Å². The molecule has 60 valence electrons. The molecule has 4 heteroatoms. The van der Waals surface area contributed by atoms with E-state index in [0.29, 0.717) is 11.2 Å². The van der Waals surface area contributed by atoms with Gasteiger partial charge in [-0.25, -0.2) is 8.78 Å². The smallest absolute Gasteiger partial charge is 0.279 e. The summed E-state index contributed by atoms with van der Waals surface area (Å²) in [6.45, 7) is 0.813. The Labute approximate surface area is 66.7 Å². The van der Waals surface area contributed by atoms with Gasteiger partial charge in [-0.1, -0.05) is 0 Å². The third-order valence-electron chi connectivity index (χ3n) is 1.18. The summed E-state index contributed by atoms with van der Waals surface area (Å²) in [5.41, 5.74) is 0. The van der Waals surface area contributed by atoms with Crippen molar-refractivity contribution in [2.24, 2.45) is 0 Å². The molecular weight excluding hydrogens is 170 g/mol. The highest BCUT2D eigenvalue weighted by molar-refractivity contribution is 7.13. The highest BCUT2D eigenvalue weighted by Gasteiger charge is 2.25. The molecule has 0 aromatic carbocycles. The number of thiophene rings is 1. The average molecular weight is 176 g/mol. The van der Waals surface area contributed by atoms with Crippen LogP contribution in [0.3, 0.4) is 0 Å². The van der Waals surface area contributed by atoms with Crippen molar-refractivity contribution < 1.29 is 13.6 Å². The molecule has 1 aromatic rings. The van der Waals surface area contributed by atoms with Gasteiger partial charge in [0, 0.05) is 6.92 Å². The van der Waals surface area contributed by atoms with Crippen LogP contribution in [0.4, 0.5) is 8.78 Å². The summed E-state index contributed by atoms with van der Waals surface area (Å²) >= 11 is 0.822. The van der Waals surface area contributed by atoms with Crippen LogP contribution in [-0.2, 0) is 5.92 Å². The van der Waals surface area contributed by atoms with Crippen LogP contribution < -0.4 is 0 Å². The molecule has 0 N–H and O–H groups in total. The summed E-state index contributed by atoms with van der Waals surface area (Å²) in [5, 5.41) is 0. The van der Waals surface area contributed by atoms with Crippen LogP contribution in [0, 0.1) is 0 Å². The van der Waals surface area contributed by atoms with E-state index in [1.54, 1.807) is 0 Å². The number of alkyl halides is 2. The molecule has 0 aliphatic heterocycles. The van der Waals surface area contributed by atoms with Crippen molar-refractivity contribution in [1.82, 2.24) is 0 Å². The summed E-state index contributed by atoms with van der Waals surface area (Å²) in [5.74, 6) is -2.83. The van der Waals surface area contributed by atoms with Gasteiger partial charge in [0.15, 0.2) is 6.29 Å². The fourth-order valence-electron chi connectivity index (χ4n) is 0.652. The molecule has 0 radical (unpaired) electrons. The third-order valence-corrected chi connectivity index (χ3v) is 2.36. The minimum atomic E-state index is -2.83. The topological polar surface area (TPSA) is 17.1 Å². The lowest BCUT2D eigenvalue weighted by Gasteiger charge is -2.04. The maximum absolute atomic E-state index is 12.5. The summed E-state index contributed by atoms with van der Waals surface area (Å²) in [6.07, 6.45) is 0.569. The molecule has 0 aliphatic carbocycles. The van der Waals surface area contributed by atoms with Gasteiger partial charge in [-0.15, -0.1) is 11.3 Å². The molecule has 1 nitrogen and oxygen atoms in total. The molecule has 0 aliphatic rings. The van der Waals surface area contributed by atoms with Crippen molar-refractivity contribution in [3.8, 4) is 0 Å². The van der Waals surface area contributed by atoms with Crippen molar-refractivity contribution >= 4 is 17.6 Å². The second kappa shape index (κ2) is 2.70. The number of halogens is 2. The third kappa shape index (κ3) is 1.83. The van der Waals surface area contributed by atoms with Gasteiger partial charge >= 0.3 is 0 Å². The number of hydrogen-bond acceptors (Lipinski definition) is 2. The minimum absolute atomic E-state index is 0.0698. The lowest BCUT2D eigenvalue weighted by molar-refractivity contribution is 0.0215. The van der Waals surface area contributed by atoms with Crippen LogP contribution in [-0.4, -0.2) is 6.29 Å². The van der Waals surface area contributed by atoms with E-state index in [4.69, 9.17) is 0 Å². The molecule has 0 bridgehead atoms. The highest BCUT2D eigenvalue weighted by atomic mass is 32.1. The van der Waals surface area contributed by atoms with Crippen LogP contribution in [0.5, 0.6) is 0 Å². The van der Waals surface area contributed by atoms with Crippen LogP contribution in [0.25, 0.3) is 0 Å². The van der Waals surface area contributed by atoms with Crippen molar-refractivity contribution in [2.75, 3.05) is 0 Å². The van der Waals surface area contributed by atoms with Gasteiger partial charge in [0.05, 0.1) is 9.75 Å². The fourth-order valence-corrected chi connectivity index (χ4v) is 1.41. The first-order valence-corrected chi connectivity index (χ1v) is 3.79. The minimum Gasteiger partial charge on any atom is -0.297 e. The molecule has 0 atom stereocenters. The quantitative estimate of drug-likeness (QED) is 0.633. The first kappa shape index (κ1) is 8.33. The molecular formula is C7H6F2OS. The van der Waals surface area contributed by atoms with E-state index in [2.05, 4.69) is 0 Å². The van der Waals surface area contributed by atoms with E-state index in [1.807, 2.05) is 0 Å². The monoisotopic (exact) mass is 176 g/mol. The van der Waals surface area contributed by atoms with Gasteiger partial charge < -0.3 is 0 Å². The summed E-state index contributed by atoms with van der Waals surface area (Å²) in [4.78, 5) is 10.4. The SMILES string of the molecule is CC(F)(F)c1ccc(C=O)s1. The van der Waals surface area contributed by atoms with E-state index < -0.39 is 5.92 Å². The maximum atomic E-state index is 12.5. The lowest BCUT2D eigenvalue weighted by atomic mass is 10.3. The zero-order chi connectivity index (χ0) is 8.48. The number of carbonyl (C=O) groups is 1. The predicted octanol–water partition coefficient (Wildman–Crippen LogP) is 2.67. The normalized spacial score (nSPS) is 11.5. The first-order chi connectivity index (χ1) is 5.04. The second-order valence-corrected chi connectivity index (χ2v) is 3.32. The molecule has 0 amide bonds. The van der Waals surface area contributed by atoms with Gasteiger partial charge in [-0.05, 0) is 12.1 Å². The van der Waals surface area contributed by atoms with Crippen LogP contribution >= 0.6 is 11.3 Å². The molecule has 0 spiro atoms. The van der Waals surface area contributed by atoms with E-state index >= 15 is 0 Å². The summed E-state index contributed by atoms with van der Waals surface area (Å²) < 4.78 is 25.0. The molecule has 1 aromatic heterocycles. The Morgan fingerprint density at radius 3 is 2.45 bits per heavy atom. The Morgan fingerprint density at radius 1 is 1.55 bits per heavy atom. The number of hydrogen-bond donors (Lipinski definition) is 0. The van der Waals surface area contributed by atoms with Crippen molar-refractivity contribution in [1.29, 1.82) is 0 Å². The standard InChI is InChI=1S/C7H6F2OS/c1-7(8,9)6-3-2-5(4-10)11-6/h2-4H,1H3. The molecule has 0 fully saturated rings. The van der Waals surface area contributed by atoms with Gasteiger partial charge in [0.1, 0.15) is 0 Å². The Morgan fingerprint density at radius 2 is 2.18 bits per heavy atom. The van der Waals surface area contributed by atoms with Crippen LogP contribution in [0.1, 0.15) is 21.5 Å². The highest BCUT2D eigenvalue weighted by Crippen LogP contribution is 2.31. The molecule has 0 saturated carbocycles. The van der Waals surface area contributed by atoms with Crippen molar-refractivity contribution in [3.05, 3.63) is 21.9 Å². The Hall–Kier alpha value is -0.770. The lowest BCUT2D eigenvalue weighted by Crippen LogP contribution is -2.02. The average Bonchev–Trinajstić information content (AvgIpc) is 2.32. The molecule has 11 heavy (non-hydrogen) atoms. The zero-order valence-corrected chi connectivity index (χ0v) is 6.62. The largest absolute Gasteiger partial charge is 0.297 e. The maximum Gasteiger partial charge on any atom is 0.279 e. The molecule has 1 heterocycles. The van der Waals surface area contributed by atoms with E-state index in [1.165, 1.54) is 12.1 Å². The molecule has 1 rings (SSSR count). The Bertz CT molecular complexity index is 262. The zero-order valence-electron chi connectivity index (χ0n) is 5.80. The molecule has 0 unspecified atom stereocenters. The van der Waals surface area contributed by atoms with Gasteiger partial charge in [0.2, 0.25) is 0 Å². The van der Waals surface area contributed by atoms with Crippen molar-refractivity contribution in [3.63, 3.8) is 0 Å². The van der Waals surface area contributed by atoms with Crippen molar-refractivity contribution in [2.45, 2.75) is 12.8 Å². The summed E-state index contributed by atoms with van der Waals surface area (Å²) in [7, 11) is 0. The Kier molecular flexibility index (Phi) is 2.04. The van der Waals surface area contributed by atoms with E-state index in [0.717, 1.165) is 18.3 Å². The van der Waals surface area contributed by atoms with Gasteiger partial charge in [-0.3, -0.25) is 4.79 Å². The second-order valence-electron chi connectivity index (χ2n) is 2.21. The predicted molar refractivity (Wildman–Crippen MR) is 39.3 cm³/mol. The van der Waals surface area contributed by atoms with Crippen LogP contribution in [0.15, 0.2) is 12.1 Å². The number of rotatable bonds is 2. The Balaban J connectivity index is 2.98. The number of carbonyl (C=O) groups excluding carboxylic acids is 1. The van der Waals surface area contributed by atoms with Gasteiger partial charge in [0.25, 0.3) is 5.92 Å². The summed E-state index contributed by atoms with van der Waals surface area (Å²) in [6, 6.07) is 2.67. The first-order valence-electron chi connectivity index (χ1n) is 2.97.